The highest BCUT2D eigenvalue weighted by molar-refractivity contribution is 5.19. The number of benzene rings is 1. The van der Waals surface area contributed by atoms with Crippen LogP contribution in [0, 0.1) is 5.92 Å². The lowest BCUT2D eigenvalue weighted by molar-refractivity contribution is -0.103. The molecule has 3 unspecified atom stereocenters. The highest BCUT2D eigenvalue weighted by Crippen LogP contribution is 2.31. The zero-order chi connectivity index (χ0) is 9.97. The molecular weight excluding hydrogens is 176 g/mol. The molecule has 0 aliphatic carbocycles. The third kappa shape index (κ3) is 1.81. The largest absolute Gasteiger partial charge is 0.390 e. The van der Waals surface area contributed by atoms with Gasteiger partial charge in [0, 0.05) is 6.61 Å². The molecule has 2 heteroatoms. The average Bonchev–Trinajstić information content (AvgIpc) is 2.23. The van der Waals surface area contributed by atoms with Crippen molar-refractivity contribution >= 4 is 0 Å². The number of ether oxygens (including phenoxy) is 1. The molecular formula is C12H16O2. The first-order valence-corrected chi connectivity index (χ1v) is 5.13. The quantitative estimate of drug-likeness (QED) is 0.738. The normalized spacial score (nSPS) is 32.9. The third-order valence-electron chi connectivity index (χ3n) is 2.89. The van der Waals surface area contributed by atoms with Gasteiger partial charge in [0.15, 0.2) is 0 Å². The van der Waals surface area contributed by atoms with E-state index in [9.17, 15) is 5.11 Å². The minimum absolute atomic E-state index is 0.139. The van der Waals surface area contributed by atoms with E-state index >= 15 is 0 Å². The van der Waals surface area contributed by atoms with Gasteiger partial charge in [-0.1, -0.05) is 37.3 Å². The molecule has 14 heavy (non-hydrogen) atoms. The molecule has 76 valence electrons. The Hall–Kier alpha value is -0.860. The zero-order valence-corrected chi connectivity index (χ0v) is 8.39. The summed E-state index contributed by atoms with van der Waals surface area (Å²) in [5, 5.41) is 9.97. The molecule has 3 atom stereocenters. The van der Waals surface area contributed by atoms with Crippen molar-refractivity contribution < 1.29 is 9.84 Å². The van der Waals surface area contributed by atoms with Gasteiger partial charge in [0.05, 0.1) is 6.10 Å². The minimum Gasteiger partial charge on any atom is -0.390 e. The van der Waals surface area contributed by atoms with E-state index in [1.54, 1.807) is 0 Å². The van der Waals surface area contributed by atoms with E-state index in [4.69, 9.17) is 4.74 Å². The van der Waals surface area contributed by atoms with Gasteiger partial charge in [-0.3, -0.25) is 0 Å². The molecule has 1 aliphatic rings. The fourth-order valence-electron chi connectivity index (χ4n) is 1.88. The number of hydrogen-bond donors (Lipinski definition) is 1. The van der Waals surface area contributed by atoms with Crippen LogP contribution in [-0.4, -0.2) is 17.8 Å². The van der Waals surface area contributed by atoms with Crippen LogP contribution in [0.15, 0.2) is 30.3 Å². The molecule has 1 aromatic rings. The highest BCUT2D eigenvalue weighted by atomic mass is 16.5. The summed E-state index contributed by atoms with van der Waals surface area (Å²) in [5.74, 6) is 0.328. The maximum absolute atomic E-state index is 9.97. The molecule has 2 nitrogen and oxygen atoms in total. The molecule has 0 bridgehead atoms. The average molecular weight is 192 g/mol. The Balaban J connectivity index is 2.17. The van der Waals surface area contributed by atoms with E-state index in [1.165, 1.54) is 0 Å². The zero-order valence-electron chi connectivity index (χ0n) is 8.39. The van der Waals surface area contributed by atoms with Gasteiger partial charge < -0.3 is 9.84 Å². The van der Waals surface area contributed by atoms with Crippen molar-refractivity contribution in [2.75, 3.05) is 6.61 Å². The lowest BCUT2D eigenvalue weighted by atomic mass is 9.90. The lowest BCUT2D eigenvalue weighted by Crippen LogP contribution is -2.33. The highest BCUT2D eigenvalue weighted by Gasteiger charge is 2.30. The molecule has 0 amide bonds. The van der Waals surface area contributed by atoms with Gasteiger partial charge in [0.1, 0.15) is 6.10 Å². The molecule has 0 spiro atoms. The Kier molecular flexibility index (Phi) is 2.85. The van der Waals surface area contributed by atoms with E-state index in [0.29, 0.717) is 5.92 Å². The summed E-state index contributed by atoms with van der Waals surface area (Å²) < 4.78 is 5.60. The Morgan fingerprint density at radius 1 is 1.29 bits per heavy atom. The van der Waals surface area contributed by atoms with Crippen molar-refractivity contribution in [1.82, 2.24) is 0 Å². The maximum atomic E-state index is 9.97. The molecule has 0 saturated carbocycles. The van der Waals surface area contributed by atoms with E-state index in [-0.39, 0.29) is 12.2 Å². The SMILES string of the molecule is CC1CCOC(c2ccccc2)C1O. The Morgan fingerprint density at radius 3 is 2.71 bits per heavy atom. The summed E-state index contributed by atoms with van der Waals surface area (Å²) in [6.45, 7) is 2.82. The van der Waals surface area contributed by atoms with Crippen LogP contribution in [0.2, 0.25) is 0 Å². The summed E-state index contributed by atoms with van der Waals surface area (Å²) in [6.07, 6.45) is 0.441. The van der Waals surface area contributed by atoms with Gasteiger partial charge in [-0.2, -0.15) is 0 Å². The summed E-state index contributed by atoms with van der Waals surface area (Å²) in [5.41, 5.74) is 1.08. The maximum Gasteiger partial charge on any atom is 0.109 e. The van der Waals surface area contributed by atoms with E-state index in [0.717, 1.165) is 18.6 Å². The van der Waals surface area contributed by atoms with Crippen LogP contribution in [0.25, 0.3) is 0 Å². The standard InChI is InChI=1S/C12H16O2/c1-9-7-8-14-12(11(9)13)10-5-3-2-4-6-10/h2-6,9,11-13H,7-8H2,1H3. The van der Waals surface area contributed by atoms with Crippen LogP contribution in [0.4, 0.5) is 0 Å². The van der Waals surface area contributed by atoms with Crippen LogP contribution >= 0.6 is 0 Å². The van der Waals surface area contributed by atoms with Crippen LogP contribution in [0.3, 0.4) is 0 Å². The van der Waals surface area contributed by atoms with Gasteiger partial charge in [-0.25, -0.2) is 0 Å². The van der Waals surface area contributed by atoms with Crippen LogP contribution < -0.4 is 0 Å². The third-order valence-corrected chi connectivity index (χ3v) is 2.89. The fraction of sp³-hybridized carbons (Fsp3) is 0.500. The molecule has 1 fully saturated rings. The molecule has 0 radical (unpaired) electrons. The van der Waals surface area contributed by atoms with Crippen LogP contribution in [0.5, 0.6) is 0 Å². The van der Waals surface area contributed by atoms with E-state index in [2.05, 4.69) is 6.92 Å². The van der Waals surface area contributed by atoms with Crippen molar-refractivity contribution in [2.45, 2.75) is 25.6 Å². The molecule has 0 aromatic heterocycles. The number of rotatable bonds is 1. The molecule has 1 heterocycles. The molecule has 1 aliphatic heterocycles. The summed E-state index contributed by atoms with van der Waals surface area (Å²) in [6, 6.07) is 9.94. The van der Waals surface area contributed by atoms with Crippen molar-refractivity contribution in [2.24, 2.45) is 5.92 Å². The fourth-order valence-corrected chi connectivity index (χ4v) is 1.88. The number of aliphatic hydroxyl groups excluding tert-OH is 1. The molecule has 2 rings (SSSR count). The second kappa shape index (κ2) is 4.11. The Bertz CT molecular complexity index is 284. The smallest absolute Gasteiger partial charge is 0.109 e. The van der Waals surface area contributed by atoms with Gasteiger partial charge in [-0.05, 0) is 17.9 Å². The van der Waals surface area contributed by atoms with Crippen LogP contribution in [0.1, 0.15) is 25.0 Å². The summed E-state index contributed by atoms with van der Waals surface area (Å²) in [7, 11) is 0. The first-order valence-electron chi connectivity index (χ1n) is 5.13. The predicted molar refractivity (Wildman–Crippen MR) is 54.9 cm³/mol. The topological polar surface area (TPSA) is 29.5 Å². The van der Waals surface area contributed by atoms with Crippen molar-refractivity contribution in [3.8, 4) is 0 Å². The minimum atomic E-state index is -0.369. The molecule has 1 N–H and O–H groups in total. The Morgan fingerprint density at radius 2 is 2.00 bits per heavy atom. The van der Waals surface area contributed by atoms with E-state index in [1.807, 2.05) is 30.3 Å². The summed E-state index contributed by atoms with van der Waals surface area (Å²) in [4.78, 5) is 0. The number of aliphatic hydroxyl groups is 1. The van der Waals surface area contributed by atoms with Crippen LogP contribution in [-0.2, 0) is 4.74 Å². The van der Waals surface area contributed by atoms with Crippen molar-refractivity contribution in [1.29, 1.82) is 0 Å². The number of hydrogen-bond acceptors (Lipinski definition) is 2. The van der Waals surface area contributed by atoms with Crippen molar-refractivity contribution in [3.63, 3.8) is 0 Å². The van der Waals surface area contributed by atoms with Gasteiger partial charge in [-0.15, -0.1) is 0 Å². The van der Waals surface area contributed by atoms with Gasteiger partial charge in [0.2, 0.25) is 0 Å². The summed E-state index contributed by atoms with van der Waals surface area (Å²) >= 11 is 0. The van der Waals surface area contributed by atoms with Gasteiger partial charge in [0.25, 0.3) is 0 Å². The Labute approximate surface area is 84.5 Å². The molecule has 1 aromatic carbocycles. The molecule has 1 saturated heterocycles. The van der Waals surface area contributed by atoms with Crippen molar-refractivity contribution in [3.05, 3.63) is 35.9 Å². The first-order chi connectivity index (χ1) is 6.79. The van der Waals surface area contributed by atoms with E-state index < -0.39 is 0 Å². The second-order valence-corrected chi connectivity index (χ2v) is 3.96. The monoisotopic (exact) mass is 192 g/mol. The predicted octanol–water partition coefficient (Wildman–Crippen LogP) is 2.15. The second-order valence-electron chi connectivity index (χ2n) is 3.96. The lowest BCUT2D eigenvalue weighted by Gasteiger charge is -2.33. The van der Waals surface area contributed by atoms with Gasteiger partial charge >= 0.3 is 0 Å². The first kappa shape index (κ1) is 9.69.